The monoisotopic (exact) mass is 273 g/mol. The predicted octanol–water partition coefficient (Wildman–Crippen LogP) is 1.63. The third kappa shape index (κ3) is 2.08. The van der Waals surface area contributed by atoms with Crippen molar-refractivity contribution in [3.8, 4) is 0 Å². The largest absolute Gasteiger partial charge is 0.386 e. The van der Waals surface area contributed by atoms with Gasteiger partial charge in [0.1, 0.15) is 11.3 Å². The number of carbonyl (C=O) groups excluding carboxylic acids is 1. The number of β-amino-alcohol motifs (C(OH)–C–C–N with tert-alkyl or cyclic N) is 1. The van der Waals surface area contributed by atoms with E-state index in [9.17, 15) is 9.90 Å². The van der Waals surface area contributed by atoms with Gasteiger partial charge in [-0.05, 0) is 25.5 Å². The molecule has 1 amide bonds. The second-order valence-corrected chi connectivity index (χ2v) is 5.66. The molecule has 2 aromatic rings. The van der Waals surface area contributed by atoms with Crippen molar-refractivity contribution in [2.75, 3.05) is 13.1 Å². The summed E-state index contributed by atoms with van der Waals surface area (Å²) in [6.45, 7) is 4.83. The van der Waals surface area contributed by atoms with Crippen LogP contribution in [0.3, 0.4) is 0 Å². The van der Waals surface area contributed by atoms with Gasteiger partial charge < -0.3 is 14.4 Å². The van der Waals surface area contributed by atoms with Crippen molar-refractivity contribution < 1.29 is 9.90 Å². The molecule has 0 atom stereocenters. The highest BCUT2D eigenvalue weighted by atomic mass is 16.3. The highest BCUT2D eigenvalue weighted by Gasteiger charge is 2.43. The Hall–Kier alpha value is -1.88. The van der Waals surface area contributed by atoms with Crippen LogP contribution in [-0.4, -0.2) is 44.0 Å². The summed E-state index contributed by atoms with van der Waals surface area (Å²) in [5.41, 5.74) is 1.56. The molecule has 0 aliphatic carbocycles. The van der Waals surface area contributed by atoms with Gasteiger partial charge in [0.05, 0.1) is 18.7 Å². The van der Waals surface area contributed by atoms with Gasteiger partial charge in [0.2, 0.25) is 0 Å². The lowest BCUT2D eigenvalue weighted by atomic mass is 9.89. The van der Waals surface area contributed by atoms with Crippen molar-refractivity contribution in [3.05, 3.63) is 35.8 Å². The minimum Gasteiger partial charge on any atom is -0.386 e. The molecule has 5 heteroatoms. The summed E-state index contributed by atoms with van der Waals surface area (Å²) < 4.78 is 1.91. The lowest BCUT2D eigenvalue weighted by Gasteiger charge is -2.46. The quantitative estimate of drug-likeness (QED) is 0.924. The zero-order chi connectivity index (χ0) is 14.3. The third-order valence-corrected chi connectivity index (χ3v) is 3.89. The van der Waals surface area contributed by atoms with Crippen LogP contribution >= 0.6 is 0 Å². The fraction of sp³-hybridized carbons (Fsp3) is 0.467. The van der Waals surface area contributed by atoms with Crippen LogP contribution in [0.4, 0.5) is 0 Å². The Labute approximate surface area is 117 Å². The van der Waals surface area contributed by atoms with E-state index >= 15 is 0 Å². The van der Waals surface area contributed by atoms with E-state index in [0.717, 1.165) is 24.2 Å². The number of likely N-dealkylation sites (tertiary alicyclic amines) is 1. The van der Waals surface area contributed by atoms with Crippen molar-refractivity contribution in [2.24, 2.45) is 0 Å². The zero-order valence-electron chi connectivity index (χ0n) is 11.8. The molecule has 0 bridgehead atoms. The summed E-state index contributed by atoms with van der Waals surface area (Å²) in [6, 6.07) is 5.79. The number of hydrogen-bond donors (Lipinski definition) is 1. The number of rotatable bonds is 3. The smallest absolute Gasteiger partial charge is 0.274 e. The second kappa shape index (κ2) is 4.59. The number of nitrogens with zero attached hydrogens (tertiary/aromatic N) is 3. The van der Waals surface area contributed by atoms with Crippen molar-refractivity contribution in [2.45, 2.75) is 32.3 Å². The first-order valence-electron chi connectivity index (χ1n) is 6.99. The van der Waals surface area contributed by atoms with E-state index in [1.807, 2.05) is 36.4 Å². The van der Waals surface area contributed by atoms with E-state index in [1.165, 1.54) is 0 Å². The van der Waals surface area contributed by atoms with Crippen LogP contribution in [0.5, 0.6) is 0 Å². The van der Waals surface area contributed by atoms with Crippen molar-refractivity contribution in [1.82, 2.24) is 14.3 Å². The van der Waals surface area contributed by atoms with Crippen molar-refractivity contribution in [3.63, 3.8) is 0 Å². The topological polar surface area (TPSA) is 57.8 Å². The molecule has 3 heterocycles. The Kier molecular flexibility index (Phi) is 3.01. The van der Waals surface area contributed by atoms with Crippen LogP contribution in [-0.2, 0) is 0 Å². The standard InChI is InChI=1S/C15H19N3O2/c1-3-7-15(20)9-17(10-15)14(19)12-8-18-11(2)5-4-6-13(18)16-12/h4-6,8,20H,3,7,9-10H2,1-2H3. The molecule has 1 saturated heterocycles. The predicted molar refractivity (Wildman–Crippen MR) is 75.7 cm³/mol. The van der Waals surface area contributed by atoms with Crippen LogP contribution in [0.15, 0.2) is 24.4 Å². The van der Waals surface area contributed by atoms with Gasteiger partial charge in [0, 0.05) is 11.9 Å². The molecule has 0 radical (unpaired) electrons. The third-order valence-electron chi connectivity index (χ3n) is 3.89. The number of hydrogen-bond acceptors (Lipinski definition) is 3. The summed E-state index contributed by atoms with van der Waals surface area (Å²) >= 11 is 0. The molecule has 1 fully saturated rings. The molecule has 0 saturated carbocycles. The number of pyridine rings is 1. The summed E-state index contributed by atoms with van der Waals surface area (Å²) in [4.78, 5) is 18.4. The lowest BCUT2D eigenvalue weighted by Crippen LogP contribution is -2.63. The maximum atomic E-state index is 12.3. The van der Waals surface area contributed by atoms with Gasteiger partial charge in [0.25, 0.3) is 5.91 Å². The summed E-state index contributed by atoms with van der Waals surface area (Å²) in [7, 11) is 0. The van der Waals surface area contributed by atoms with E-state index in [4.69, 9.17) is 0 Å². The van der Waals surface area contributed by atoms with E-state index in [0.29, 0.717) is 18.8 Å². The van der Waals surface area contributed by atoms with Crippen molar-refractivity contribution >= 4 is 11.6 Å². The van der Waals surface area contributed by atoms with Gasteiger partial charge in [0.15, 0.2) is 0 Å². The van der Waals surface area contributed by atoms with Crippen LogP contribution < -0.4 is 0 Å². The molecule has 1 aliphatic heterocycles. The minimum absolute atomic E-state index is 0.103. The molecule has 0 unspecified atom stereocenters. The summed E-state index contributed by atoms with van der Waals surface area (Å²) in [5.74, 6) is -0.103. The highest BCUT2D eigenvalue weighted by molar-refractivity contribution is 5.93. The molecule has 0 spiro atoms. The van der Waals surface area contributed by atoms with Gasteiger partial charge in [-0.25, -0.2) is 4.98 Å². The van der Waals surface area contributed by atoms with Gasteiger partial charge in [-0.3, -0.25) is 4.79 Å². The number of carbonyl (C=O) groups is 1. The average Bonchev–Trinajstić information content (AvgIpc) is 2.80. The second-order valence-electron chi connectivity index (χ2n) is 5.66. The average molecular weight is 273 g/mol. The molecule has 0 aromatic carbocycles. The first kappa shape index (κ1) is 13.1. The molecular weight excluding hydrogens is 254 g/mol. The number of aliphatic hydroxyl groups is 1. The van der Waals surface area contributed by atoms with Gasteiger partial charge in [-0.1, -0.05) is 19.4 Å². The number of fused-ring (bicyclic) bond motifs is 1. The number of amides is 1. The van der Waals surface area contributed by atoms with Gasteiger partial charge in [-0.15, -0.1) is 0 Å². The fourth-order valence-electron chi connectivity index (χ4n) is 2.84. The molecule has 3 rings (SSSR count). The van der Waals surface area contributed by atoms with Crippen molar-refractivity contribution in [1.29, 1.82) is 0 Å². The Morgan fingerprint density at radius 2 is 2.20 bits per heavy atom. The Morgan fingerprint density at radius 3 is 2.85 bits per heavy atom. The normalized spacial score (nSPS) is 17.2. The van der Waals surface area contributed by atoms with Gasteiger partial charge >= 0.3 is 0 Å². The van der Waals surface area contributed by atoms with E-state index < -0.39 is 5.60 Å². The maximum absolute atomic E-state index is 12.3. The SMILES string of the molecule is CCCC1(O)CN(C(=O)c2cn3c(C)cccc3n2)C1. The molecule has 106 valence electrons. The maximum Gasteiger partial charge on any atom is 0.274 e. The highest BCUT2D eigenvalue weighted by Crippen LogP contribution is 2.27. The van der Waals surface area contributed by atoms with Crippen LogP contribution in [0.25, 0.3) is 5.65 Å². The minimum atomic E-state index is -0.695. The molecular formula is C15H19N3O2. The van der Waals surface area contributed by atoms with Gasteiger partial charge in [-0.2, -0.15) is 0 Å². The zero-order valence-corrected chi connectivity index (χ0v) is 11.8. The van der Waals surface area contributed by atoms with Crippen LogP contribution in [0.1, 0.15) is 35.9 Å². The Bertz CT molecular complexity index is 656. The molecule has 20 heavy (non-hydrogen) atoms. The van der Waals surface area contributed by atoms with E-state index in [2.05, 4.69) is 4.98 Å². The molecule has 2 aromatic heterocycles. The van der Waals surface area contributed by atoms with E-state index in [-0.39, 0.29) is 5.91 Å². The van der Waals surface area contributed by atoms with Crippen LogP contribution in [0.2, 0.25) is 0 Å². The number of aromatic nitrogens is 2. The lowest BCUT2D eigenvalue weighted by molar-refractivity contribution is -0.0861. The van der Waals surface area contributed by atoms with Crippen LogP contribution in [0, 0.1) is 6.92 Å². The molecule has 1 aliphatic rings. The summed E-state index contributed by atoms with van der Waals surface area (Å²) in [6.07, 6.45) is 3.43. The Balaban J connectivity index is 1.79. The first-order chi connectivity index (χ1) is 9.52. The van der Waals surface area contributed by atoms with E-state index in [1.54, 1.807) is 11.1 Å². The number of aryl methyl sites for hydroxylation is 1. The molecule has 5 nitrogen and oxygen atoms in total. The Morgan fingerprint density at radius 1 is 1.45 bits per heavy atom. The number of imidazole rings is 1. The fourth-order valence-corrected chi connectivity index (χ4v) is 2.84. The molecule has 1 N–H and O–H groups in total. The first-order valence-corrected chi connectivity index (χ1v) is 6.99. The summed E-state index contributed by atoms with van der Waals surface area (Å²) in [5, 5.41) is 10.1.